The first-order chi connectivity index (χ1) is 18.8. The second kappa shape index (κ2) is 11.1. The van der Waals surface area contributed by atoms with Gasteiger partial charge >= 0.3 is 12.1 Å². The number of alkyl halides is 3. The molecule has 0 bridgehead atoms. The minimum Gasteiger partial charge on any atom is -0.481 e. The summed E-state index contributed by atoms with van der Waals surface area (Å²) in [4.78, 5) is 32.8. The SMILES string of the molecule is COC(=O)c1cn(-c2cc(NC(=O)c3cnc(OC)cc3C(F)(F)F)c(N3C[C@@H](C)N(C)[C@@H](C)C3)cc2F)nn1. The molecule has 1 aliphatic heterocycles. The number of benzene rings is 1. The molecular formula is C25H27F4N7O4. The number of methoxy groups -OCH3 is 2. The van der Waals surface area contributed by atoms with Gasteiger partial charge in [-0.3, -0.25) is 9.69 Å². The van der Waals surface area contributed by atoms with Gasteiger partial charge in [-0.1, -0.05) is 5.21 Å². The first-order valence-corrected chi connectivity index (χ1v) is 12.1. The molecule has 11 nitrogen and oxygen atoms in total. The van der Waals surface area contributed by atoms with Crippen molar-refractivity contribution in [2.75, 3.05) is 44.6 Å². The molecule has 1 aliphatic rings. The fourth-order valence-corrected chi connectivity index (χ4v) is 4.42. The number of esters is 1. The van der Waals surface area contributed by atoms with E-state index in [9.17, 15) is 22.8 Å². The number of pyridine rings is 1. The molecule has 3 aromatic rings. The molecule has 40 heavy (non-hydrogen) atoms. The molecule has 0 radical (unpaired) electrons. The third kappa shape index (κ3) is 5.68. The Hall–Kier alpha value is -4.27. The van der Waals surface area contributed by atoms with E-state index in [0.717, 1.165) is 37.4 Å². The van der Waals surface area contributed by atoms with E-state index in [-0.39, 0.29) is 40.7 Å². The van der Waals surface area contributed by atoms with Gasteiger partial charge in [-0.2, -0.15) is 13.2 Å². The van der Waals surface area contributed by atoms with E-state index in [4.69, 9.17) is 4.74 Å². The second-order valence-corrected chi connectivity index (χ2v) is 9.35. The topological polar surface area (TPSA) is 115 Å². The molecule has 4 rings (SSSR count). The molecule has 1 fully saturated rings. The smallest absolute Gasteiger partial charge is 0.417 e. The van der Waals surface area contributed by atoms with Crippen LogP contribution in [-0.2, 0) is 10.9 Å². The minimum atomic E-state index is -4.88. The van der Waals surface area contributed by atoms with Gasteiger partial charge in [0.1, 0.15) is 5.69 Å². The fourth-order valence-electron chi connectivity index (χ4n) is 4.42. The average Bonchev–Trinajstić information content (AvgIpc) is 3.41. The Morgan fingerprint density at radius 3 is 2.35 bits per heavy atom. The predicted molar refractivity (Wildman–Crippen MR) is 135 cm³/mol. The minimum absolute atomic E-state index is 0.0180. The van der Waals surface area contributed by atoms with Gasteiger partial charge in [0.2, 0.25) is 5.88 Å². The van der Waals surface area contributed by atoms with Crippen molar-refractivity contribution in [2.45, 2.75) is 32.1 Å². The largest absolute Gasteiger partial charge is 0.481 e. The molecule has 1 saturated heterocycles. The Morgan fingerprint density at radius 1 is 1.07 bits per heavy atom. The summed E-state index contributed by atoms with van der Waals surface area (Å²) in [7, 11) is 4.26. The fraction of sp³-hybridized carbons (Fsp3) is 0.400. The van der Waals surface area contributed by atoms with Crippen LogP contribution < -0.4 is 15.0 Å². The molecule has 3 heterocycles. The molecule has 15 heteroatoms. The number of likely N-dealkylation sites (N-methyl/N-ethyl adjacent to an activating group) is 1. The van der Waals surface area contributed by atoms with Gasteiger partial charge in [-0.15, -0.1) is 5.10 Å². The lowest BCUT2D eigenvalue weighted by Crippen LogP contribution is -2.55. The predicted octanol–water partition coefficient (Wildman–Crippen LogP) is 3.40. The third-order valence-electron chi connectivity index (χ3n) is 6.79. The zero-order chi connectivity index (χ0) is 29.4. The Kier molecular flexibility index (Phi) is 7.95. The van der Waals surface area contributed by atoms with Gasteiger partial charge in [0.05, 0.1) is 42.9 Å². The van der Waals surface area contributed by atoms with Crippen molar-refractivity contribution in [3.05, 3.63) is 53.2 Å². The molecule has 2 atom stereocenters. The van der Waals surface area contributed by atoms with Crippen LogP contribution in [0, 0.1) is 5.82 Å². The van der Waals surface area contributed by atoms with Crippen LogP contribution in [0.1, 0.15) is 40.3 Å². The average molecular weight is 566 g/mol. The van der Waals surface area contributed by atoms with Crippen LogP contribution >= 0.6 is 0 Å². The van der Waals surface area contributed by atoms with Gasteiger partial charge in [0, 0.05) is 43.5 Å². The number of amides is 1. The van der Waals surface area contributed by atoms with Crippen LogP contribution in [0.25, 0.3) is 5.69 Å². The first kappa shape index (κ1) is 28.7. The monoisotopic (exact) mass is 565 g/mol. The first-order valence-electron chi connectivity index (χ1n) is 12.1. The highest BCUT2D eigenvalue weighted by molar-refractivity contribution is 6.07. The molecule has 2 aromatic heterocycles. The van der Waals surface area contributed by atoms with Crippen molar-refractivity contribution >= 4 is 23.3 Å². The Balaban J connectivity index is 1.81. The zero-order valence-electron chi connectivity index (χ0n) is 22.3. The summed E-state index contributed by atoms with van der Waals surface area (Å²) >= 11 is 0. The summed E-state index contributed by atoms with van der Waals surface area (Å²) in [6, 6.07) is 3.10. The van der Waals surface area contributed by atoms with Crippen LogP contribution in [0.4, 0.5) is 28.9 Å². The maximum absolute atomic E-state index is 15.5. The van der Waals surface area contributed by atoms with Crippen molar-refractivity contribution in [2.24, 2.45) is 0 Å². The molecule has 214 valence electrons. The molecular weight excluding hydrogens is 538 g/mol. The summed E-state index contributed by atoms with van der Waals surface area (Å²) in [5, 5.41) is 9.92. The van der Waals surface area contributed by atoms with E-state index < -0.39 is 35.0 Å². The summed E-state index contributed by atoms with van der Waals surface area (Å²) < 4.78 is 67.3. The number of carbonyl (C=O) groups is 2. The number of nitrogens with zero attached hydrogens (tertiary/aromatic N) is 6. The van der Waals surface area contributed by atoms with Crippen LogP contribution in [0.5, 0.6) is 5.88 Å². The number of ether oxygens (including phenoxy) is 2. The van der Waals surface area contributed by atoms with Crippen molar-refractivity contribution in [1.82, 2.24) is 24.9 Å². The summed E-state index contributed by atoms with van der Waals surface area (Å²) in [6.45, 7) is 4.87. The number of hydrogen-bond acceptors (Lipinski definition) is 9. The second-order valence-electron chi connectivity index (χ2n) is 9.35. The quantitative estimate of drug-likeness (QED) is 0.355. The molecule has 1 amide bonds. The molecule has 0 unspecified atom stereocenters. The summed E-state index contributed by atoms with van der Waals surface area (Å²) in [6.07, 6.45) is -2.99. The molecule has 0 aliphatic carbocycles. The van der Waals surface area contributed by atoms with Gasteiger partial charge < -0.3 is 19.7 Å². The highest BCUT2D eigenvalue weighted by Crippen LogP contribution is 2.36. The number of rotatable bonds is 6. The van der Waals surface area contributed by atoms with Crippen molar-refractivity contribution in [3.8, 4) is 11.6 Å². The van der Waals surface area contributed by atoms with E-state index >= 15 is 4.39 Å². The summed E-state index contributed by atoms with van der Waals surface area (Å²) in [5.74, 6) is -3.01. The van der Waals surface area contributed by atoms with Gasteiger partial charge in [-0.05, 0) is 27.0 Å². The summed E-state index contributed by atoms with van der Waals surface area (Å²) in [5.41, 5.74) is -2.13. The molecule has 1 N–H and O–H groups in total. The maximum Gasteiger partial charge on any atom is 0.417 e. The third-order valence-corrected chi connectivity index (χ3v) is 6.79. The molecule has 1 aromatic carbocycles. The van der Waals surface area contributed by atoms with Crippen LogP contribution in [-0.4, -0.2) is 83.2 Å². The molecule has 0 saturated carbocycles. The number of nitrogens with one attached hydrogen (secondary N) is 1. The number of anilines is 2. The lowest BCUT2D eigenvalue weighted by atomic mass is 10.1. The van der Waals surface area contributed by atoms with Gasteiger partial charge in [0.15, 0.2) is 11.5 Å². The van der Waals surface area contributed by atoms with E-state index in [2.05, 4.69) is 30.2 Å². The van der Waals surface area contributed by atoms with Gasteiger partial charge in [-0.25, -0.2) is 18.9 Å². The Morgan fingerprint density at radius 2 is 1.75 bits per heavy atom. The number of aromatic nitrogens is 4. The lowest BCUT2D eigenvalue weighted by molar-refractivity contribution is -0.138. The van der Waals surface area contributed by atoms with E-state index in [1.165, 1.54) is 6.07 Å². The van der Waals surface area contributed by atoms with Crippen LogP contribution in [0.15, 0.2) is 30.6 Å². The zero-order valence-corrected chi connectivity index (χ0v) is 22.3. The highest BCUT2D eigenvalue weighted by atomic mass is 19.4. The van der Waals surface area contributed by atoms with Crippen molar-refractivity contribution in [3.63, 3.8) is 0 Å². The lowest BCUT2D eigenvalue weighted by Gasteiger charge is -2.44. The normalized spacial score (nSPS) is 18.0. The van der Waals surface area contributed by atoms with Gasteiger partial charge in [0.25, 0.3) is 5.91 Å². The standard InChI is InChI=1S/C25H27F4N7O4/c1-13-10-35(11-14(2)34(13)3)21-7-17(26)20(36-12-19(32-33-36)24(38)40-5)8-18(21)31-23(37)15-9-30-22(39-4)6-16(15)25(27,28)29/h6-9,12-14H,10-11H2,1-5H3,(H,31,37)/t13-,14+. The highest BCUT2D eigenvalue weighted by Gasteiger charge is 2.37. The maximum atomic E-state index is 15.5. The van der Waals surface area contributed by atoms with E-state index in [1.54, 1.807) is 0 Å². The number of hydrogen-bond donors (Lipinski definition) is 1. The van der Waals surface area contributed by atoms with Crippen LogP contribution in [0.2, 0.25) is 0 Å². The van der Waals surface area contributed by atoms with E-state index in [0.29, 0.717) is 19.2 Å². The van der Waals surface area contributed by atoms with Crippen LogP contribution in [0.3, 0.4) is 0 Å². The Labute approximate surface area is 226 Å². The van der Waals surface area contributed by atoms with Crippen molar-refractivity contribution < 1.29 is 36.6 Å². The van der Waals surface area contributed by atoms with E-state index in [1.807, 2.05) is 25.8 Å². The number of piperazine rings is 1. The number of carbonyl (C=O) groups excluding carboxylic acids is 2. The molecule has 0 spiro atoms. The Bertz CT molecular complexity index is 1420. The van der Waals surface area contributed by atoms with Crippen molar-refractivity contribution in [1.29, 1.82) is 0 Å². The number of halogens is 4.